The van der Waals surface area contributed by atoms with Crippen LogP contribution in [0, 0.1) is 5.82 Å². The van der Waals surface area contributed by atoms with Gasteiger partial charge in [-0.1, -0.05) is 12.1 Å². The van der Waals surface area contributed by atoms with Crippen molar-refractivity contribution in [2.24, 2.45) is 0 Å². The second-order valence-corrected chi connectivity index (χ2v) is 7.33. The molecule has 0 aliphatic carbocycles. The van der Waals surface area contributed by atoms with Gasteiger partial charge in [-0.3, -0.25) is 9.59 Å². The van der Waals surface area contributed by atoms with E-state index < -0.39 is 11.9 Å². The van der Waals surface area contributed by atoms with Crippen molar-refractivity contribution in [2.45, 2.75) is 24.9 Å². The van der Waals surface area contributed by atoms with Crippen LogP contribution in [0.25, 0.3) is 0 Å². The van der Waals surface area contributed by atoms with Crippen molar-refractivity contribution >= 4 is 41.7 Å². The summed E-state index contributed by atoms with van der Waals surface area (Å²) in [5.74, 6) is 1.33. The number of nitrogens with one attached hydrogen (secondary N) is 1. The van der Waals surface area contributed by atoms with Gasteiger partial charge in [0.25, 0.3) is 0 Å². The van der Waals surface area contributed by atoms with Crippen molar-refractivity contribution in [3.05, 3.63) is 30.1 Å². The van der Waals surface area contributed by atoms with Crippen LogP contribution in [-0.2, 0) is 9.59 Å². The fourth-order valence-corrected chi connectivity index (χ4v) is 4.16. The van der Waals surface area contributed by atoms with Crippen molar-refractivity contribution in [3.63, 3.8) is 0 Å². The number of para-hydroxylation sites is 1. The third-order valence-electron chi connectivity index (χ3n) is 4.60. The van der Waals surface area contributed by atoms with Crippen LogP contribution >= 0.6 is 24.2 Å². The summed E-state index contributed by atoms with van der Waals surface area (Å²) >= 11 is 1.84. The highest BCUT2D eigenvalue weighted by atomic mass is 35.5. The number of halogens is 2. The average molecular weight is 388 g/mol. The molecule has 25 heavy (non-hydrogen) atoms. The molecule has 2 atom stereocenters. The highest BCUT2D eigenvalue weighted by molar-refractivity contribution is 7.99. The molecular formula is C17H23ClFN3O2S. The number of carbonyl (C=O) groups excluding carboxylic acids is 2. The first-order chi connectivity index (χ1) is 11.6. The minimum absolute atomic E-state index is 0. The normalized spacial score (nSPS) is 23.3. The molecule has 3 rings (SSSR count). The lowest BCUT2D eigenvalue weighted by Crippen LogP contribution is -2.46. The summed E-state index contributed by atoms with van der Waals surface area (Å²) in [6, 6.07) is 5.91. The quantitative estimate of drug-likeness (QED) is 0.857. The van der Waals surface area contributed by atoms with Crippen LogP contribution in [0.15, 0.2) is 24.3 Å². The molecule has 1 aromatic rings. The number of hydrogen-bond donors (Lipinski definition) is 1. The molecule has 0 spiro atoms. The zero-order valence-corrected chi connectivity index (χ0v) is 15.7. The second kappa shape index (κ2) is 8.87. The molecule has 0 radical (unpaired) electrons. The van der Waals surface area contributed by atoms with Crippen LogP contribution in [-0.4, -0.2) is 60.4 Å². The van der Waals surface area contributed by atoms with E-state index in [0.717, 1.165) is 18.1 Å². The third-order valence-corrected chi connectivity index (χ3v) is 5.73. The first-order valence-electron chi connectivity index (χ1n) is 8.20. The average Bonchev–Trinajstić information content (AvgIpc) is 2.97. The van der Waals surface area contributed by atoms with E-state index in [0.29, 0.717) is 19.4 Å². The zero-order chi connectivity index (χ0) is 17.1. The highest BCUT2D eigenvalue weighted by Gasteiger charge is 2.38. The predicted octanol–water partition coefficient (Wildman–Crippen LogP) is 1.91. The molecule has 2 aliphatic rings. The minimum Gasteiger partial charge on any atom is -0.334 e. The molecule has 2 heterocycles. The van der Waals surface area contributed by atoms with Gasteiger partial charge in [0.1, 0.15) is 11.9 Å². The maximum absolute atomic E-state index is 13.9. The Morgan fingerprint density at radius 2 is 2.20 bits per heavy atom. The van der Waals surface area contributed by atoms with E-state index in [2.05, 4.69) is 5.32 Å². The summed E-state index contributed by atoms with van der Waals surface area (Å²) < 4.78 is 13.9. The fraction of sp³-hybridized carbons (Fsp3) is 0.529. The van der Waals surface area contributed by atoms with Gasteiger partial charge >= 0.3 is 0 Å². The molecule has 8 heteroatoms. The van der Waals surface area contributed by atoms with Crippen LogP contribution < -0.4 is 10.2 Å². The van der Waals surface area contributed by atoms with Crippen LogP contribution in [0.4, 0.5) is 10.1 Å². The highest BCUT2D eigenvalue weighted by Crippen LogP contribution is 2.26. The van der Waals surface area contributed by atoms with Gasteiger partial charge in [0.15, 0.2) is 0 Å². The number of anilines is 1. The van der Waals surface area contributed by atoms with E-state index in [1.165, 1.54) is 15.9 Å². The summed E-state index contributed by atoms with van der Waals surface area (Å²) in [7, 11) is 1.67. The molecule has 1 aromatic carbocycles. The Balaban J connectivity index is 0.00000225. The monoisotopic (exact) mass is 387 g/mol. The van der Waals surface area contributed by atoms with Crippen molar-refractivity contribution in [1.82, 2.24) is 10.2 Å². The maximum Gasteiger partial charge on any atom is 0.249 e. The van der Waals surface area contributed by atoms with Gasteiger partial charge in [-0.05, 0) is 18.6 Å². The van der Waals surface area contributed by atoms with Crippen molar-refractivity contribution in [3.8, 4) is 0 Å². The topological polar surface area (TPSA) is 52.7 Å². The Labute approximate surface area is 157 Å². The molecule has 2 aliphatic heterocycles. The summed E-state index contributed by atoms with van der Waals surface area (Å²) in [5, 5.41) is 3.34. The van der Waals surface area contributed by atoms with Gasteiger partial charge in [0.05, 0.1) is 5.69 Å². The van der Waals surface area contributed by atoms with Crippen LogP contribution in [0.5, 0.6) is 0 Å². The lowest BCUT2D eigenvalue weighted by atomic mass is 10.1. The second-order valence-electron chi connectivity index (χ2n) is 6.18. The van der Waals surface area contributed by atoms with Gasteiger partial charge in [-0.25, -0.2) is 4.39 Å². The van der Waals surface area contributed by atoms with E-state index in [-0.39, 0.29) is 36.0 Å². The Morgan fingerprint density at radius 3 is 2.88 bits per heavy atom. The largest absolute Gasteiger partial charge is 0.334 e. The number of hydrogen-bond acceptors (Lipinski definition) is 4. The van der Waals surface area contributed by atoms with Crippen molar-refractivity contribution in [2.75, 3.05) is 36.5 Å². The number of amides is 2. The Bertz CT molecular complexity index is 628. The zero-order valence-electron chi connectivity index (χ0n) is 14.1. The van der Waals surface area contributed by atoms with E-state index in [4.69, 9.17) is 0 Å². The van der Waals surface area contributed by atoms with Crippen LogP contribution in [0.3, 0.4) is 0 Å². The predicted molar refractivity (Wildman–Crippen MR) is 101 cm³/mol. The molecule has 1 N–H and O–H groups in total. The fourth-order valence-electron chi connectivity index (χ4n) is 3.21. The number of likely N-dealkylation sites (N-methyl/N-ethyl adjacent to an activating group) is 1. The molecular weight excluding hydrogens is 365 g/mol. The third kappa shape index (κ3) is 4.46. The minimum atomic E-state index is -0.506. The standard InChI is InChI=1S/C17H22FN3O2S.ClH/c1-20(16(22)10-12-11-24-9-7-19-12)15-6-8-21(17(15)23)14-5-3-2-4-13(14)18;/h2-5,12,15,19H,6-11H2,1H3;1H. The first kappa shape index (κ1) is 20.0. The van der Waals surface area contributed by atoms with Crippen LogP contribution in [0.1, 0.15) is 12.8 Å². The van der Waals surface area contributed by atoms with Gasteiger partial charge in [-0.2, -0.15) is 11.8 Å². The van der Waals surface area contributed by atoms with Gasteiger partial charge in [0.2, 0.25) is 11.8 Å². The molecule has 0 aromatic heterocycles. The van der Waals surface area contributed by atoms with E-state index in [1.54, 1.807) is 25.2 Å². The smallest absolute Gasteiger partial charge is 0.249 e. The molecule has 138 valence electrons. The lowest BCUT2D eigenvalue weighted by Gasteiger charge is -2.28. The first-order valence-corrected chi connectivity index (χ1v) is 9.36. The van der Waals surface area contributed by atoms with Gasteiger partial charge in [0, 0.05) is 44.1 Å². The molecule has 2 saturated heterocycles. The summed E-state index contributed by atoms with van der Waals surface area (Å²) in [6.45, 7) is 1.34. The number of benzene rings is 1. The lowest BCUT2D eigenvalue weighted by molar-refractivity contribution is -0.137. The number of rotatable bonds is 4. The number of thioether (sulfide) groups is 1. The van der Waals surface area contributed by atoms with Crippen LogP contribution in [0.2, 0.25) is 0 Å². The van der Waals surface area contributed by atoms with Gasteiger partial charge < -0.3 is 15.1 Å². The van der Waals surface area contributed by atoms with E-state index in [1.807, 2.05) is 11.8 Å². The Morgan fingerprint density at radius 1 is 1.44 bits per heavy atom. The molecule has 0 bridgehead atoms. The molecule has 0 saturated carbocycles. The SMILES string of the molecule is CN(C(=O)CC1CSCCN1)C1CCN(c2ccccc2F)C1=O.Cl. The number of nitrogens with zero attached hydrogens (tertiary/aromatic N) is 2. The summed E-state index contributed by atoms with van der Waals surface area (Å²) in [5.41, 5.74) is 0.288. The maximum atomic E-state index is 13.9. The molecule has 5 nitrogen and oxygen atoms in total. The molecule has 2 unspecified atom stereocenters. The molecule has 2 fully saturated rings. The van der Waals surface area contributed by atoms with E-state index >= 15 is 0 Å². The summed E-state index contributed by atoms with van der Waals surface area (Å²) in [6.07, 6.45) is 0.926. The summed E-state index contributed by atoms with van der Waals surface area (Å²) in [4.78, 5) is 28.1. The van der Waals surface area contributed by atoms with Crippen molar-refractivity contribution < 1.29 is 14.0 Å². The van der Waals surface area contributed by atoms with E-state index in [9.17, 15) is 14.0 Å². The number of carbonyl (C=O) groups is 2. The van der Waals surface area contributed by atoms with Gasteiger partial charge in [-0.15, -0.1) is 12.4 Å². The Kier molecular flexibility index (Phi) is 7.10. The molecule has 2 amide bonds. The van der Waals surface area contributed by atoms with Crippen molar-refractivity contribution in [1.29, 1.82) is 0 Å². The Hall–Kier alpha value is -1.31.